The standard InChI is InChI=1S/C13H12F3NO/c14-10-3-1-9(2-4-10)12-6-5-11(18-12)7-17-8-13(15)16/h1-6,13,17H,7-8H2. The average Bonchev–Trinajstić information content (AvgIpc) is 2.78. The van der Waals surface area contributed by atoms with Gasteiger partial charge in [0.25, 0.3) is 6.43 Å². The van der Waals surface area contributed by atoms with E-state index in [1.165, 1.54) is 12.1 Å². The molecule has 0 saturated carbocycles. The zero-order chi connectivity index (χ0) is 13.0. The van der Waals surface area contributed by atoms with Crippen LogP contribution in [0.15, 0.2) is 40.8 Å². The molecule has 0 spiro atoms. The Bertz CT molecular complexity index is 493. The monoisotopic (exact) mass is 255 g/mol. The molecule has 1 aromatic heterocycles. The van der Waals surface area contributed by atoms with E-state index in [4.69, 9.17) is 4.42 Å². The molecular formula is C13H12F3NO. The molecule has 2 nitrogen and oxygen atoms in total. The second kappa shape index (κ2) is 5.73. The van der Waals surface area contributed by atoms with E-state index in [-0.39, 0.29) is 18.9 Å². The Morgan fingerprint density at radius 1 is 1.06 bits per heavy atom. The lowest BCUT2D eigenvalue weighted by Crippen LogP contribution is -2.20. The maximum Gasteiger partial charge on any atom is 0.250 e. The third kappa shape index (κ3) is 3.37. The summed E-state index contributed by atoms with van der Waals surface area (Å²) in [6, 6.07) is 9.32. The number of hydrogen-bond acceptors (Lipinski definition) is 2. The highest BCUT2D eigenvalue weighted by atomic mass is 19.3. The van der Waals surface area contributed by atoms with Crippen LogP contribution < -0.4 is 5.32 Å². The first-order valence-electron chi connectivity index (χ1n) is 5.48. The van der Waals surface area contributed by atoms with Gasteiger partial charge < -0.3 is 9.73 Å². The largest absolute Gasteiger partial charge is 0.460 e. The summed E-state index contributed by atoms with van der Waals surface area (Å²) in [5.74, 6) is 0.836. The van der Waals surface area contributed by atoms with Gasteiger partial charge in [-0.1, -0.05) is 0 Å². The van der Waals surface area contributed by atoms with E-state index in [9.17, 15) is 13.2 Å². The molecule has 0 aliphatic heterocycles. The Morgan fingerprint density at radius 3 is 2.44 bits per heavy atom. The number of alkyl halides is 2. The summed E-state index contributed by atoms with van der Waals surface area (Å²) in [6.07, 6.45) is -2.38. The predicted octanol–water partition coefficient (Wildman–Crippen LogP) is 3.44. The Morgan fingerprint density at radius 2 is 1.78 bits per heavy atom. The number of halogens is 3. The molecule has 0 atom stereocenters. The smallest absolute Gasteiger partial charge is 0.250 e. The van der Waals surface area contributed by atoms with Crippen LogP contribution in [0.3, 0.4) is 0 Å². The summed E-state index contributed by atoms with van der Waals surface area (Å²) >= 11 is 0. The Balaban J connectivity index is 1.99. The fourth-order valence-corrected chi connectivity index (χ4v) is 1.55. The molecule has 0 aliphatic rings. The number of benzene rings is 1. The van der Waals surface area contributed by atoms with Crippen LogP contribution in [-0.4, -0.2) is 13.0 Å². The van der Waals surface area contributed by atoms with E-state index in [0.29, 0.717) is 11.5 Å². The molecule has 1 heterocycles. The van der Waals surface area contributed by atoms with E-state index in [2.05, 4.69) is 5.32 Å². The van der Waals surface area contributed by atoms with Crippen molar-refractivity contribution in [3.05, 3.63) is 48.0 Å². The molecule has 1 N–H and O–H groups in total. The van der Waals surface area contributed by atoms with Gasteiger partial charge in [0, 0.05) is 5.56 Å². The number of furan rings is 1. The summed E-state index contributed by atoms with van der Waals surface area (Å²) < 4.78 is 42.0. The first-order valence-corrected chi connectivity index (χ1v) is 5.48. The summed E-state index contributed by atoms with van der Waals surface area (Å²) in [6.45, 7) is -0.127. The average molecular weight is 255 g/mol. The molecule has 0 fully saturated rings. The summed E-state index contributed by atoms with van der Waals surface area (Å²) in [5.41, 5.74) is 0.747. The van der Waals surface area contributed by atoms with Crippen LogP contribution in [0.25, 0.3) is 11.3 Å². The fourth-order valence-electron chi connectivity index (χ4n) is 1.55. The van der Waals surface area contributed by atoms with Gasteiger partial charge in [-0.15, -0.1) is 0 Å². The minimum Gasteiger partial charge on any atom is -0.460 e. The van der Waals surface area contributed by atoms with Crippen LogP contribution in [0, 0.1) is 5.82 Å². The van der Waals surface area contributed by atoms with Gasteiger partial charge in [-0.3, -0.25) is 0 Å². The van der Waals surface area contributed by atoms with Gasteiger partial charge in [-0.05, 0) is 36.4 Å². The van der Waals surface area contributed by atoms with Crippen LogP contribution in [0.4, 0.5) is 13.2 Å². The summed E-state index contributed by atoms with van der Waals surface area (Å²) in [7, 11) is 0. The van der Waals surface area contributed by atoms with E-state index in [1.54, 1.807) is 24.3 Å². The highest BCUT2D eigenvalue weighted by molar-refractivity contribution is 5.57. The molecule has 0 bridgehead atoms. The van der Waals surface area contributed by atoms with Crippen molar-refractivity contribution in [1.29, 1.82) is 0 Å². The second-order valence-electron chi connectivity index (χ2n) is 3.79. The molecule has 18 heavy (non-hydrogen) atoms. The minimum atomic E-state index is -2.38. The molecular weight excluding hydrogens is 243 g/mol. The van der Waals surface area contributed by atoms with Gasteiger partial charge in [0.05, 0.1) is 13.1 Å². The molecule has 0 saturated heterocycles. The molecule has 2 rings (SSSR count). The zero-order valence-corrected chi connectivity index (χ0v) is 9.50. The molecule has 96 valence electrons. The van der Waals surface area contributed by atoms with Gasteiger partial charge in [0.1, 0.15) is 17.3 Å². The number of rotatable bonds is 5. The summed E-state index contributed by atoms with van der Waals surface area (Å²) in [5, 5.41) is 2.57. The molecule has 0 aliphatic carbocycles. The number of nitrogens with one attached hydrogen (secondary N) is 1. The lowest BCUT2D eigenvalue weighted by molar-refractivity contribution is 0.145. The topological polar surface area (TPSA) is 25.2 Å². The van der Waals surface area contributed by atoms with Crippen molar-refractivity contribution in [2.75, 3.05) is 6.54 Å². The quantitative estimate of drug-likeness (QED) is 0.885. The van der Waals surface area contributed by atoms with Gasteiger partial charge in [0.15, 0.2) is 0 Å². The zero-order valence-electron chi connectivity index (χ0n) is 9.50. The van der Waals surface area contributed by atoms with Gasteiger partial charge in [-0.25, -0.2) is 13.2 Å². The Labute approximate surface area is 102 Å². The highest BCUT2D eigenvalue weighted by Gasteiger charge is 2.06. The van der Waals surface area contributed by atoms with Crippen molar-refractivity contribution in [2.45, 2.75) is 13.0 Å². The molecule has 5 heteroatoms. The van der Waals surface area contributed by atoms with Gasteiger partial charge in [-0.2, -0.15) is 0 Å². The molecule has 0 amide bonds. The van der Waals surface area contributed by atoms with E-state index in [1.807, 2.05) is 0 Å². The van der Waals surface area contributed by atoms with Crippen molar-refractivity contribution < 1.29 is 17.6 Å². The van der Waals surface area contributed by atoms with Crippen molar-refractivity contribution in [2.24, 2.45) is 0 Å². The second-order valence-corrected chi connectivity index (χ2v) is 3.79. The van der Waals surface area contributed by atoms with Crippen molar-refractivity contribution in [1.82, 2.24) is 5.32 Å². The minimum absolute atomic E-state index is 0.242. The van der Waals surface area contributed by atoms with Gasteiger partial charge >= 0.3 is 0 Å². The van der Waals surface area contributed by atoms with Crippen LogP contribution in [0.5, 0.6) is 0 Å². The Hall–Kier alpha value is -1.75. The SMILES string of the molecule is Fc1ccc(-c2ccc(CNCC(F)F)o2)cc1. The number of hydrogen-bond donors (Lipinski definition) is 1. The molecule has 0 unspecified atom stereocenters. The van der Waals surface area contributed by atoms with Crippen LogP contribution in [-0.2, 0) is 6.54 Å². The van der Waals surface area contributed by atoms with Crippen molar-refractivity contribution >= 4 is 0 Å². The Kier molecular flexibility index (Phi) is 4.04. The molecule has 2 aromatic rings. The lowest BCUT2D eigenvalue weighted by atomic mass is 10.2. The van der Waals surface area contributed by atoms with Crippen molar-refractivity contribution in [3.8, 4) is 11.3 Å². The van der Waals surface area contributed by atoms with E-state index >= 15 is 0 Å². The van der Waals surface area contributed by atoms with Gasteiger partial charge in [0.2, 0.25) is 0 Å². The van der Waals surface area contributed by atoms with E-state index in [0.717, 1.165) is 5.56 Å². The third-order valence-electron chi connectivity index (χ3n) is 2.39. The fraction of sp³-hybridized carbons (Fsp3) is 0.231. The van der Waals surface area contributed by atoms with Crippen LogP contribution >= 0.6 is 0 Å². The normalized spacial score (nSPS) is 11.1. The molecule has 1 aromatic carbocycles. The lowest BCUT2D eigenvalue weighted by Gasteiger charge is -2.01. The van der Waals surface area contributed by atoms with E-state index < -0.39 is 6.43 Å². The summed E-state index contributed by atoms with van der Waals surface area (Å²) in [4.78, 5) is 0. The third-order valence-corrected chi connectivity index (χ3v) is 2.39. The van der Waals surface area contributed by atoms with Crippen LogP contribution in [0.2, 0.25) is 0 Å². The maximum absolute atomic E-state index is 12.7. The van der Waals surface area contributed by atoms with Crippen molar-refractivity contribution in [3.63, 3.8) is 0 Å². The predicted molar refractivity (Wildman–Crippen MR) is 61.8 cm³/mol. The van der Waals surface area contributed by atoms with Crippen LogP contribution in [0.1, 0.15) is 5.76 Å². The molecule has 0 radical (unpaired) electrons. The highest BCUT2D eigenvalue weighted by Crippen LogP contribution is 2.22. The first-order chi connectivity index (χ1) is 8.65. The first kappa shape index (κ1) is 12.7. The maximum atomic E-state index is 12.7.